The van der Waals surface area contributed by atoms with E-state index >= 15 is 0 Å². The predicted octanol–water partition coefficient (Wildman–Crippen LogP) is 6.67. The third-order valence-corrected chi connectivity index (χ3v) is 8.21. The van der Waals surface area contributed by atoms with E-state index in [1.54, 1.807) is 0 Å². The molecule has 7 nitrogen and oxygen atoms in total. The molecule has 8 heteroatoms. The standard InChI is InChI=1S/C37H39ClO7/c38-21-32-26-43-37(44-32)36(42-25-31-19-11-4-12-20-31)35(41-24-30-17-9-3-10-18-30)34(40-23-29-15-7-2-8-16-29)33(45-37)27-39-22-28-13-5-1-6-14-28/h1-20,32-36H,21-27H2. The molecular weight excluding hydrogens is 592 g/mol. The number of hydrogen-bond acceptors (Lipinski definition) is 7. The third kappa shape index (κ3) is 8.38. The lowest BCUT2D eigenvalue weighted by Gasteiger charge is -2.49. The highest BCUT2D eigenvalue weighted by Gasteiger charge is 2.62. The maximum absolute atomic E-state index is 6.74. The Morgan fingerprint density at radius 1 is 0.578 bits per heavy atom. The second-order valence-electron chi connectivity index (χ2n) is 11.2. The van der Waals surface area contributed by atoms with Crippen molar-refractivity contribution in [3.63, 3.8) is 0 Å². The van der Waals surface area contributed by atoms with E-state index in [2.05, 4.69) is 0 Å². The van der Waals surface area contributed by atoms with Crippen LogP contribution in [0, 0.1) is 0 Å². The number of ether oxygens (including phenoxy) is 7. The first-order valence-electron chi connectivity index (χ1n) is 15.4. The fourth-order valence-corrected chi connectivity index (χ4v) is 5.75. The van der Waals surface area contributed by atoms with E-state index in [0.29, 0.717) is 26.4 Å². The number of hydrogen-bond donors (Lipinski definition) is 0. The van der Waals surface area contributed by atoms with Crippen molar-refractivity contribution in [3.8, 4) is 0 Å². The third-order valence-electron chi connectivity index (χ3n) is 7.86. The van der Waals surface area contributed by atoms with Crippen molar-refractivity contribution in [1.29, 1.82) is 0 Å². The Balaban J connectivity index is 1.32. The molecule has 2 fully saturated rings. The van der Waals surface area contributed by atoms with Gasteiger partial charge in [0.1, 0.15) is 24.4 Å². The fourth-order valence-electron chi connectivity index (χ4n) is 5.60. The lowest BCUT2D eigenvalue weighted by molar-refractivity contribution is -0.444. The van der Waals surface area contributed by atoms with Crippen LogP contribution in [0.2, 0.25) is 0 Å². The molecule has 45 heavy (non-hydrogen) atoms. The summed E-state index contributed by atoms with van der Waals surface area (Å²) in [4.78, 5) is 0. The first-order valence-corrected chi connectivity index (χ1v) is 15.9. The summed E-state index contributed by atoms with van der Waals surface area (Å²) in [5.74, 6) is -1.32. The highest BCUT2D eigenvalue weighted by atomic mass is 35.5. The van der Waals surface area contributed by atoms with Crippen molar-refractivity contribution in [2.45, 2.75) is 62.9 Å². The molecule has 1 spiro atoms. The highest BCUT2D eigenvalue weighted by molar-refractivity contribution is 6.18. The molecule has 0 N–H and O–H groups in total. The van der Waals surface area contributed by atoms with E-state index in [1.165, 1.54) is 0 Å². The molecule has 0 bridgehead atoms. The first kappa shape index (κ1) is 31.9. The number of halogens is 1. The molecule has 6 unspecified atom stereocenters. The van der Waals surface area contributed by atoms with Crippen molar-refractivity contribution < 1.29 is 33.2 Å². The van der Waals surface area contributed by atoms with E-state index in [-0.39, 0.29) is 25.2 Å². The van der Waals surface area contributed by atoms with Gasteiger partial charge in [-0.1, -0.05) is 121 Å². The predicted molar refractivity (Wildman–Crippen MR) is 170 cm³/mol. The van der Waals surface area contributed by atoms with Gasteiger partial charge in [-0.2, -0.15) is 0 Å². The van der Waals surface area contributed by atoms with Gasteiger partial charge >= 0.3 is 5.97 Å². The maximum Gasteiger partial charge on any atom is 0.314 e. The summed E-state index contributed by atoms with van der Waals surface area (Å²) in [5, 5.41) is 0. The molecule has 2 heterocycles. The van der Waals surface area contributed by atoms with Crippen LogP contribution in [0.1, 0.15) is 22.3 Å². The van der Waals surface area contributed by atoms with Crippen LogP contribution >= 0.6 is 11.6 Å². The van der Waals surface area contributed by atoms with Gasteiger partial charge in [0.15, 0.2) is 6.10 Å². The summed E-state index contributed by atoms with van der Waals surface area (Å²) in [6, 6.07) is 40.0. The summed E-state index contributed by atoms with van der Waals surface area (Å²) < 4.78 is 45.8. The summed E-state index contributed by atoms with van der Waals surface area (Å²) in [7, 11) is 0. The molecule has 236 valence electrons. The summed E-state index contributed by atoms with van der Waals surface area (Å²) >= 11 is 6.26. The number of benzene rings is 4. The van der Waals surface area contributed by atoms with Crippen molar-refractivity contribution in [3.05, 3.63) is 144 Å². The topological polar surface area (TPSA) is 64.6 Å². The molecule has 2 aliphatic heterocycles. The van der Waals surface area contributed by atoms with Crippen molar-refractivity contribution in [1.82, 2.24) is 0 Å². The van der Waals surface area contributed by atoms with Gasteiger partial charge in [-0.15, -0.1) is 11.6 Å². The van der Waals surface area contributed by atoms with Gasteiger partial charge < -0.3 is 33.2 Å². The minimum Gasteiger partial charge on any atom is -0.374 e. The average Bonchev–Trinajstić information content (AvgIpc) is 3.51. The summed E-state index contributed by atoms with van der Waals surface area (Å²) in [6.45, 7) is 1.85. The van der Waals surface area contributed by atoms with Gasteiger partial charge in [0.2, 0.25) is 0 Å². The van der Waals surface area contributed by atoms with E-state index in [9.17, 15) is 0 Å². The Kier molecular flexibility index (Phi) is 11.3. The van der Waals surface area contributed by atoms with Gasteiger partial charge in [0.25, 0.3) is 0 Å². The highest BCUT2D eigenvalue weighted by Crippen LogP contribution is 2.42. The van der Waals surface area contributed by atoms with E-state index in [1.807, 2.05) is 121 Å². The van der Waals surface area contributed by atoms with Crippen molar-refractivity contribution in [2.75, 3.05) is 19.1 Å². The molecule has 0 saturated carbocycles. The fraction of sp³-hybridized carbons (Fsp3) is 0.351. The normalized spacial score (nSPS) is 26.3. The first-order chi connectivity index (χ1) is 22.2. The molecule has 0 aliphatic carbocycles. The molecule has 0 aromatic heterocycles. The molecule has 0 radical (unpaired) electrons. The number of alkyl halides is 1. The molecule has 0 amide bonds. The minimum absolute atomic E-state index is 0.213. The van der Waals surface area contributed by atoms with Crippen LogP contribution in [0.3, 0.4) is 0 Å². The van der Waals surface area contributed by atoms with Gasteiger partial charge in [0, 0.05) is 0 Å². The van der Waals surface area contributed by atoms with Crippen LogP contribution in [0.5, 0.6) is 0 Å². The zero-order chi connectivity index (χ0) is 30.7. The monoisotopic (exact) mass is 630 g/mol. The van der Waals surface area contributed by atoms with E-state index < -0.39 is 30.4 Å². The minimum atomic E-state index is -1.57. The zero-order valence-corrected chi connectivity index (χ0v) is 25.9. The Hall–Kier alpha value is -3.11. The SMILES string of the molecule is ClCC1COC2(O1)OC(COCc1ccccc1)C(OCc1ccccc1)C(OCc1ccccc1)C2OCc1ccccc1. The van der Waals surface area contributed by atoms with Gasteiger partial charge in [-0.3, -0.25) is 0 Å². The Morgan fingerprint density at radius 2 is 1.04 bits per heavy atom. The summed E-state index contributed by atoms with van der Waals surface area (Å²) in [5.41, 5.74) is 4.10. The molecule has 6 atom stereocenters. The van der Waals surface area contributed by atoms with Gasteiger partial charge in [-0.05, 0) is 22.3 Å². The molecule has 4 aromatic carbocycles. The quantitative estimate of drug-likeness (QED) is 0.144. The maximum atomic E-state index is 6.74. The van der Waals surface area contributed by atoms with E-state index in [0.717, 1.165) is 22.3 Å². The molecule has 2 saturated heterocycles. The van der Waals surface area contributed by atoms with Crippen molar-refractivity contribution in [2.24, 2.45) is 0 Å². The van der Waals surface area contributed by atoms with Crippen LogP contribution in [-0.4, -0.2) is 55.6 Å². The zero-order valence-electron chi connectivity index (χ0n) is 25.1. The summed E-state index contributed by atoms with van der Waals surface area (Å²) in [6.07, 6.45) is -3.02. The van der Waals surface area contributed by atoms with E-state index in [4.69, 9.17) is 44.8 Å². The molecule has 2 aliphatic rings. The molecular formula is C37H39ClO7. The van der Waals surface area contributed by atoms with Crippen LogP contribution in [-0.2, 0) is 59.6 Å². The second kappa shape index (κ2) is 15.9. The lowest BCUT2D eigenvalue weighted by atomic mass is 9.96. The van der Waals surface area contributed by atoms with Gasteiger partial charge in [0.05, 0.1) is 45.5 Å². The smallest absolute Gasteiger partial charge is 0.314 e. The number of rotatable bonds is 14. The molecule has 4 aromatic rings. The van der Waals surface area contributed by atoms with Crippen LogP contribution in [0.4, 0.5) is 0 Å². The largest absolute Gasteiger partial charge is 0.374 e. The Morgan fingerprint density at radius 3 is 1.53 bits per heavy atom. The van der Waals surface area contributed by atoms with Crippen LogP contribution in [0.25, 0.3) is 0 Å². The van der Waals surface area contributed by atoms with Crippen molar-refractivity contribution >= 4 is 11.6 Å². The van der Waals surface area contributed by atoms with Gasteiger partial charge in [-0.25, -0.2) is 0 Å². The molecule has 6 rings (SSSR count). The van der Waals surface area contributed by atoms with Crippen LogP contribution < -0.4 is 0 Å². The lowest BCUT2D eigenvalue weighted by Crippen LogP contribution is -2.67. The van der Waals surface area contributed by atoms with Crippen LogP contribution in [0.15, 0.2) is 121 Å². The Labute approximate surface area is 269 Å². The average molecular weight is 631 g/mol. The Bertz CT molecular complexity index is 1410. The second-order valence-corrected chi connectivity index (χ2v) is 11.5.